The first-order chi connectivity index (χ1) is 9.11. The average Bonchev–Trinajstić information content (AvgIpc) is 2.39. The molecule has 0 radical (unpaired) electrons. The highest BCUT2D eigenvalue weighted by atomic mass is 35.5. The number of hydrogen-bond donors (Lipinski definition) is 2. The van der Waals surface area contributed by atoms with Gasteiger partial charge in [-0.2, -0.15) is 0 Å². The molecule has 0 aliphatic carbocycles. The van der Waals surface area contributed by atoms with E-state index < -0.39 is 0 Å². The fourth-order valence-corrected chi connectivity index (χ4v) is 2.42. The molecule has 0 bridgehead atoms. The van der Waals surface area contributed by atoms with Crippen molar-refractivity contribution in [2.75, 3.05) is 0 Å². The third-order valence-electron chi connectivity index (χ3n) is 3.11. The van der Waals surface area contributed by atoms with Crippen LogP contribution in [0, 0.1) is 12.7 Å². The maximum Gasteiger partial charge on any atom is 0.126 e. The molecule has 4 heteroatoms. The van der Waals surface area contributed by atoms with Crippen molar-refractivity contribution in [2.24, 2.45) is 5.84 Å². The van der Waals surface area contributed by atoms with Gasteiger partial charge in [0.2, 0.25) is 0 Å². The molecule has 19 heavy (non-hydrogen) atoms. The molecule has 2 aromatic carbocycles. The van der Waals surface area contributed by atoms with E-state index in [0.717, 1.165) is 11.1 Å². The monoisotopic (exact) mass is 278 g/mol. The van der Waals surface area contributed by atoms with Gasteiger partial charge in [0.15, 0.2) is 0 Å². The van der Waals surface area contributed by atoms with Crippen molar-refractivity contribution >= 4 is 11.6 Å². The zero-order chi connectivity index (χ0) is 13.8. The topological polar surface area (TPSA) is 38.0 Å². The van der Waals surface area contributed by atoms with Crippen LogP contribution in [0.5, 0.6) is 0 Å². The van der Waals surface area contributed by atoms with Gasteiger partial charge in [0.25, 0.3) is 0 Å². The largest absolute Gasteiger partial charge is 0.271 e. The quantitative estimate of drug-likeness (QED) is 0.663. The van der Waals surface area contributed by atoms with Crippen LogP contribution in [-0.2, 0) is 6.42 Å². The molecule has 1 atom stereocenters. The van der Waals surface area contributed by atoms with Crippen LogP contribution in [0.15, 0.2) is 42.5 Å². The predicted octanol–water partition coefficient (Wildman–Crippen LogP) is 3.53. The van der Waals surface area contributed by atoms with Crippen molar-refractivity contribution in [3.8, 4) is 0 Å². The minimum Gasteiger partial charge on any atom is -0.271 e. The summed E-state index contributed by atoms with van der Waals surface area (Å²) in [4.78, 5) is 0. The van der Waals surface area contributed by atoms with Crippen LogP contribution in [0.4, 0.5) is 4.39 Å². The summed E-state index contributed by atoms with van der Waals surface area (Å²) in [5.74, 6) is 5.35. The van der Waals surface area contributed by atoms with E-state index in [1.54, 1.807) is 12.1 Å². The van der Waals surface area contributed by atoms with Crippen LogP contribution in [0.1, 0.15) is 22.7 Å². The first-order valence-corrected chi connectivity index (χ1v) is 6.45. The average molecular weight is 279 g/mol. The Morgan fingerprint density at radius 3 is 2.63 bits per heavy atom. The second-order valence-electron chi connectivity index (χ2n) is 4.54. The number of hydrogen-bond acceptors (Lipinski definition) is 2. The second-order valence-corrected chi connectivity index (χ2v) is 4.95. The highest BCUT2D eigenvalue weighted by molar-refractivity contribution is 6.31. The van der Waals surface area contributed by atoms with E-state index in [9.17, 15) is 4.39 Å². The Bertz CT molecular complexity index is 572. The molecular weight excluding hydrogens is 263 g/mol. The number of nitrogens with one attached hydrogen (secondary N) is 1. The van der Waals surface area contributed by atoms with Gasteiger partial charge in [0.05, 0.1) is 6.04 Å². The van der Waals surface area contributed by atoms with E-state index in [4.69, 9.17) is 17.4 Å². The Morgan fingerprint density at radius 1 is 1.26 bits per heavy atom. The van der Waals surface area contributed by atoms with Crippen molar-refractivity contribution < 1.29 is 4.39 Å². The smallest absolute Gasteiger partial charge is 0.126 e. The molecule has 0 aliphatic heterocycles. The fraction of sp³-hybridized carbons (Fsp3) is 0.200. The van der Waals surface area contributed by atoms with Crippen molar-refractivity contribution in [1.29, 1.82) is 0 Å². The molecule has 3 N–H and O–H groups in total. The standard InChI is InChI=1S/C15H16ClFN2/c1-10-6-7-12(13(16)8-10)15(19-18)9-11-4-2-3-5-14(11)17/h2-8,15,19H,9,18H2,1H3. The van der Waals surface area contributed by atoms with Gasteiger partial charge in [-0.05, 0) is 42.2 Å². The summed E-state index contributed by atoms with van der Waals surface area (Å²) in [6.45, 7) is 1.97. The van der Waals surface area contributed by atoms with Crippen LogP contribution in [-0.4, -0.2) is 0 Å². The third-order valence-corrected chi connectivity index (χ3v) is 3.44. The fourth-order valence-electron chi connectivity index (χ4n) is 2.06. The third kappa shape index (κ3) is 3.32. The first-order valence-electron chi connectivity index (χ1n) is 6.07. The molecule has 0 saturated heterocycles. The Balaban J connectivity index is 2.28. The molecule has 2 aromatic rings. The lowest BCUT2D eigenvalue weighted by molar-refractivity contribution is 0.529. The number of aryl methyl sites for hydroxylation is 1. The maximum atomic E-state index is 13.7. The normalized spacial score (nSPS) is 12.4. The van der Waals surface area contributed by atoms with Gasteiger partial charge in [-0.15, -0.1) is 0 Å². The number of halogens is 2. The van der Waals surface area contributed by atoms with Gasteiger partial charge in [-0.3, -0.25) is 11.3 Å². The maximum absolute atomic E-state index is 13.7. The molecule has 0 fully saturated rings. The molecule has 2 rings (SSSR count). The van der Waals surface area contributed by atoms with E-state index in [1.807, 2.05) is 31.2 Å². The summed E-state index contributed by atoms with van der Waals surface area (Å²) in [7, 11) is 0. The number of rotatable bonds is 4. The lowest BCUT2D eigenvalue weighted by atomic mass is 9.98. The van der Waals surface area contributed by atoms with Crippen molar-refractivity contribution in [3.05, 3.63) is 70.0 Å². The summed E-state index contributed by atoms with van der Waals surface area (Å²) in [5, 5.41) is 0.638. The molecule has 100 valence electrons. The minimum absolute atomic E-state index is 0.218. The summed E-state index contributed by atoms with van der Waals surface area (Å²) >= 11 is 6.22. The minimum atomic E-state index is -0.231. The molecule has 2 nitrogen and oxygen atoms in total. The zero-order valence-corrected chi connectivity index (χ0v) is 11.4. The van der Waals surface area contributed by atoms with Gasteiger partial charge in [0.1, 0.15) is 5.82 Å². The molecule has 0 heterocycles. The van der Waals surface area contributed by atoms with Gasteiger partial charge >= 0.3 is 0 Å². The van der Waals surface area contributed by atoms with Gasteiger partial charge in [-0.25, -0.2) is 4.39 Å². The van der Waals surface area contributed by atoms with Crippen molar-refractivity contribution in [2.45, 2.75) is 19.4 Å². The summed E-state index contributed by atoms with van der Waals surface area (Å²) in [6.07, 6.45) is 0.450. The van der Waals surface area contributed by atoms with Crippen LogP contribution in [0.3, 0.4) is 0 Å². The highest BCUT2D eigenvalue weighted by Crippen LogP contribution is 2.26. The number of nitrogens with two attached hydrogens (primary N) is 1. The Labute approximate surface area is 117 Å². The van der Waals surface area contributed by atoms with Crippen LogP contribution < -0.4 is 11.3 Å². The van der Waals surface area contributed by atoms with Gasteiger partial charge in [-0.1, -0.05) is 41.9 Å². The Hall–Kier alpha value is -1.42. The van der Waals surface area contributed by atoms with E-state index >= 15 is 0 Å². The molecular formula is C15H16ClFN2. The van der Waals surface area contributed by atoms with E-state index in [2.05, 4.69) is 5.43 Å². The molecule has 0 spiro atoms. The van der Waals surface area contributed by atoms with E-state index in [1.165, 1.54) is 6.07 Å². The lowest BCUT2D eigenvalue weighted by Crippen LogP contribution is -2.30. The number of hydrazine groups is 1. The molecule has 1 unspecified atom stereocenters. The van der Waals surface area contributed by atoms with Crippen LogP contribution in [0.25, 0.3) is 0 Å². The van der Waals surface area contributed by atoms with E-state index in [0.29, 0.717) is 17.0 Å². The lowest BCUT2D eigenvalue weighted by Gasteiger charge is -2.18. The van der Waals surface area contributed by atoms with Gasteiger partial charge in [0, 0.05) is 5.02 Å². The Kier molecular flexibility index (Phi) is 4.53. The summed E-state index contributed by atoms with van der Waals surface area (Å²) < 4.78 is 13.7. The highest BCUT2D eigenvalue weighted by Gasteiger charge is 2.15. The first kappa shape index (κ1) is 14.0. The molecule has 0 aromatic heterocycles. The Morgan fingerprint density at radius 2 is 2.00 bits per heavy atom. The second kappa shape index (κ2) is 6.15. The summed E-state index contributed by atoms with van der Waals surface area (Å²) in [6, 6.07) is 12.2. The predicted molar refractivity (Wildman–Crippen MR) is 76.4 cm³/mol. The number of benzene rings is 2. The van der Waals surface area contributed by atoms with E-state index in [-0.39, 0.29) is 11.9 Å². The molecule has 0 amide bonds. The zero-order valence-electron chi connectivity index (χ0n) is 10.7. The molecule has 0 saturated carbocycles. The van der Waals surface area contributed by atoms with Gasteiger partial charge < -0.3 is 0 Å². The van der Waals surface area contributed by atoms with Crippen molar-refractivity contribution in [1.82, 2.24) is 5.43 Å². The summed E-state index contributed by atoms with van der Waals surface area (Å²) in [5.41, 5.74) is 5.27. The van der Waals surface area contributed by atoms with Crippen LogP contribution >= 0.6 is 11.6 Å². The van der Waals surface area contributed by atoms with Crippen LogP contribution in [0.2, 0.25) is 5.02 Å². The van der Waals surface area contributed by atoms with Crippen molar-refractivity contribution in [3.63, 3.8) is 0 Å². The molecule has 0 aliphatic rings. The SMILES string of the molecule is Cc1ccc(C(Cc2ccccc2F)NN)c(Cl)c1.